The highest BCUT2D eigenvalue weighted by atomic mass is 32.2. The lowest BCUT2D eigenvalue weighted by Crippen LogP contribution is -2.27. The summed E-state index contributed by atoms with van der Waals surface area (Å²) in [6.07, 6.45) is 4.01. The molecule has 2 rings (SSSR count). The molecule has 0 aliphatic rings. The maximum atomic E-state index is 13.5. The first-order valence-electron chi connectivity index (χ1n) is 7.12. The van der Waals surface area contributed by atoms with Gasteiger partial charge in [-0.15, -0.1) is 11.8 Å². The molecule has 0 radical (unpaired) electrons. The first-order chi connectivity index (χ1) is 11.1. The zero-order chi connectivity index (χ0) is 16.7. The third kappa shape index (κ3) is 5.23. The van der Waals surface area contributed by atoms with Crippen molar-refractivity contribution >= 4 is 23.7 Å². The molecule has 0 heterocycles. The lowest BCUT2D eigenvalue weighted by Gasteiger charge is -2.12. The van der Waals surface area contributed by atoms with Crippen molar-refractivity contribution in [3.8, 4) is 0 Å². The van der Waals surface area contributed by atoms with Gasteiger partial charge in [-0.2, -0.15) is 0 Å². The Kier molecular flexibility index (Phi) is 6.38. The van der Waals surface area contributed by atoms with E-state index in [0.29, 0.717) is 0 Å². The number of thioether (sulfide) groups is 1. The lowest BCUT2D eigenvalue weighted by atomic mass is 10.1. The van der Waals surface area contributed by atoms with Crippen molar-refractivity contribution in [2.24, 2.45) is 0 Å². The minimum atomic E-state index is -1.07. The number of nitrogens with one attached hydrogen (secondary N) is 1. The van der Waals surface area contributed by atoms with Crippen LogP contribution in [0.4, 0.5) is 4.39 Å². The number of hydrogen-bond donors (Lipinski definition) is 2. The molecule has 23 heavy (non-hydrogen) atoms. The first-order valence-corrected chi connectivity index (χ1v) is 8.35. The van der Waals surface area contributed by atoms with Gasteiger partial charge < -0.3 is 10.4 Å². The van der Waals surface area contributed by atoms with E-state index in [2.05, 4.69) is 5.32 Å². The Balaban J connectivity index is 1.87. The molecule has 1 unspecified atom stereocenters. The number of carbonyl (C=O) groups excluding carboxylic acids is 1. The third-order valence-electron chi connectivity index (χ3n) is 3.28. The first kappa shape index (κ1) is 17.2. The van der Waals surface area contributed by atoms with Gasteiger partial charge in [-0.1, -0.05) is 30.3 Å². The number of amides is 1. The molecule has 5 heteroatoms. The van der Waals surface area contributed by atoms with Crippen LogP contribution in [0.15, 0.2) is 59.5 Å². The van der Waals surface area contributed by atoms with Crippen LogP contribution in [0.25, 0.3) is 6.08 Å². The fourth-order valence-corrected chi connectivity index (χ4v) is 2.41. The zero-order valence-corrected chi connectivity index (χ0v) is 13.5. The summed E-state index contributed by atoms with van der Waals surface area (Å²) in [7, 11) is 0. The summed E-state index contributed by atoms with van der Waals surface area (Å²) >= 11 is 1.65. The Morgan fingerprint density at radius 2 is 1.96 bits per heavy atom. The Morgan fingerprint density at radius 3 is 2.61 bits per heavy atom. The number of aliphatic hydroxyl groups excluding tert-OH is 1. The second-order valence-corrected chi connectivity index (χ2v) is 5.77. The molecular formula is C18H18FNO2S. The van der Waals surface area contributed by atoms with Gasteiger partial charge in [0.1, 0.15) is 5.82 Å². The highest BCUT2D eigenvalue weighted by molar-refractivity contribution is 7.98. The van der Waals surface area contributed by atoms with Crippen LogP contribution < -0.4 is 5.32 Å². The lowest BCUT2D eigenvalue weighted by molar-refractivity contribution is -0.116. The summed E-state index contributed by atoms with van der Waals surface area (Å²) in [5, 5.41) is 12.5. The van der Waals surface area contributed by atoms with E-state index in [1.165, 1.54) is 18.2 Å². The van der Waals surface area contributed by atoms with Crippen LogP contribution in [-0.4, -0.2) is 23.8 Å². The van der Waals surface area contributed by atoms with Gasteiger partial charge in [0, 0.05) is 23.1 Å². The zero-order valence-electron chi connectivity index (χ0n) is 12.7. The number of halogens is 1. The van der Waals surface area contributed by atoms with Crippen molar-refractivity contribution in [1.82, 2.24) is 5.32 Å². The molecule has 2 aromatic carbocycles. The average molecular weight is 331 g/mol. The van der Waals surface area contributed by atoms with Crippen LogP contribution in [0, 0.1) is 5.82 Å². The second kappa shape index (κ2) is 8.50. The molecule has 0 saturated heterocycles. The fraction of sp³-hybridized carbons (Fsp3) is 0.167. The highest BCUT2D eigenvalue weighted by Gasteiger charge is 2.12. The summed E-state index contributed by atoms with van der Waals surface area (Å²) in [6, 6.07) is 13.8. The molecule has 3 nitrogen and oxygen atoms in total. The minimum absolute atomic E-state index is 0.0461. The summed E-state index contributed by atoms with van der Waals surface area (Å²) in [5.74, 6) is -0.826. The van der Waals surface area contributed by atoms with Gasteiger partial charge in [-0.3, -0.25) is 4.79 Å². The molecule has 1 atom stereocenters. The molecule has 120 valence electrons. The SMILES string of the molecule is CSc1ccc(/C=C/C(=O)NCC(O)c2ccccc2F)cc1. The van der Waals surface area contributed by atoms with Crippen LogP contribution in [0.2, 0.25) is 0 Å². The predicted octanol–water partition coefficient (Wildman–Crippen LogP) is 3.41. The van der Waals surface area contributed by atoms with E-state index < -0.39 is 11.9 Å². The number of hydrogen-bond acceptors (Lipinski definition) is 3. The van der Waals surface area contributed by atoms with E-state index in [1.807, 2.05) is 30.5 Å². The van der Waals surface area contributed by atoms with E-state index in [0.717, 1.165) is 10.5 Å². The fourth-order valence-electron chi connectivity index (χ4n) is 2.00. The van der Waals surface area contributed by atoms with Gasteiger partial charge in [-0.25, -0.2) is 4.39 Å². The molecule has 0 saturated carbocycles. The topological polar surface area (TPSA) is 49.3 Å². The van der Waals surface area contributed by atoms with Crippen molar-refractivity contribution in [3.05, 3.63) is 71.6 Å². The monoisotopic (exact) mass is 331 g/mol. The van der Waals surface area contributed by atoms with E-state index in [-0.39, 0.29) is 18.0 Å². The van der Waals surface area contributed by atoms with Crippen LogP contribution in [0.5, 0.6) is 0 Å². The van der Waals surface area contributed by atoms with Gasteiger partial charge in [0.25, 0.3) is 0 Å². The Hall–Kier alpha value is -2.11. The van der Waals surface area contributed by atoms with Gasteiger partial charge in [0.05, 0.1) is 6.10 Å². The average Bonchev–Trinajstić information content (AvgIpc) is 2.58. The molecular weight excluding hydrogens is 313 g/mol. The number of aliphatic hydroxyl groups is 1. The van der Waals surface area contributed by atoms with E-state index in [1.54, 1.807) is 30.0 Å². The molecule has 2 N–H and O–H groups in total. The van der Waals surface area contributed by atoms with Gasteiger partial charge in [0.2, 0.25) is 5.91 Å². The second-order valence-electron chi connectivity index (χ2n) is 4.89. The van der Waals surface area contributed by atoms with Gasteiger partial charge in [0.15, 0.2) is 0 Å². The summed E-state index contributed by atoms with van der Waals surface area (Å²) < 4.78 is 13.5. The van der Waals surface area contributed by atoms with Crippen molar-refractivity contribution in [3.63, 3.8) is 0 Å². The number of benzene rings is 2. The van der Waals surface area contributed by atoms with Crippen molar-refractivity contribution in [2.45, 2.75) is 11.0 Å². The summed E-state index contributed by atoms with van der Waals surface area (Å²) in [5.41, 5.74) is 1.08. The molecule has 2 aromatic rings. The highest BCUT2D eigenvalue weighted by Crippen LogP contribution is 2.16. The quantitative estimate of drug-likeness (QED) is 0.630. The van der Waals surface area contributed by atoms with Gasteiger partial charge in [-0.05, 0) is 36.1 Å². The Morgan fingerprint density at radius 1 is 1.26 bits per heavy atom. The maximum Gasteiger partial charge on any atom is 0.244 e. The maximum absolute atomic E-state index is 13.5. The Bertz CT molecular complexity index is 686. The molecule has 0 aliphatic carbocycles. The molecule has 1 amide bonds. The molecule has 0 bridgehead atoms. The summed E-state index contributed by atoms with van der Waals surface area (Å²) in [4.78, 5) is 12.9. The van der Waals surface area contributed by atoms with Crippen molar-refractivity contribution in [1.29, 1.82) is 0 Å². The normalized spacial score (nSPS) is 12.3. The largest absolute Gasteiger partial charge is 0.386 e. The van der Waals surface area contributed by atoms with E-state index in [4.69, 9.17) is 0 Å². The molecule has 0 spiro atoms. The smallest absolute Gasteiger partial charge is 0.244 e. The standard InChI is InChI=1S/C18H18FNO2S/c1-23-14-9-6-13(7-10-14)8-11-18(22)20-12-17(21)15-4-2-3-5-16(15)19/h2-11,17,21H,12H2,1H3,(H,20,22)/b11-8+. The molecule has 0 aromatic heterocycles. The number of rotatable bonds is 6. The minimum Gasteiger partial charge on any atom is -0.386 e. The molecule has 0 fully saturated rings. The van der Waals surface area contributed by atoms with Crippen molar-refractivity contribution < 1.29 is 14.3 Å². The number of carbonyl (C=O) groups is 1. The van der Waals surface area contributed by atoms with E-state index in [9.17, 15) is 14.3 Å². The molecule has 0 aliphatic heterocycles. The third-order valence-corrected chi connectivity index (χ3v) is 4.02. The van der Waals surface area contributed by atoms with Gasteiger partial charge >= 0.3 is 0 Å². The van der Waals surface area contributed by atoms with Crippen LogP contribution in [-0.2, 0) is 4.79 Å². The van der Waals surface area contributed by atoms with Crippen LogP contribution in [0.1, 0.15) is 17.2 Å². The Labute approximate surface area is 139 Å². The van der Waals surface area contributed by atoms with Crippen molar-refractivity contribution in [2.75, 3.05) is 12.8 Å². The van der Waals surface area contributed by atoms with Crippen LogP contribution >= 0.6 is 11.8 Å². The van der Waals surface area contributed by atoms with E-state index >= 15 is 0 Å². The summed E-state index contributed by atoms with van der Waals surface area (Å²) in [6.45, 7) is -0.0461. The van der Waals surface area contributed by atoms with Crippen LogP contribution in [0.3, 0.4) is 0 Å². The predicted molar refractivity (Wildman–Crippen MR) is 91.6 cm³/mol.